The van der Waals surface area contributed by atoms with Gasteiger partial charge in [-0.2, -0.15) is 0 Å². The normalized spacial score (nSPS) is 18.2. The summed E-state index contributed by atoms with van der Waals surface area (Å²) in [6, 6.07) is 1.02. The highest BCUT2D eigenvalue weighted by molar-refractivity contribution is 4.92. The van der Waals surface area contributed by atoms with Crippen molar-refractivity contribution in [2.24, 2.45) is 11.1 Å². The van der Waals surface area contributed by atoms with Crippen molar-refractivity contribution < 1.29 is 4.74 Å². The summed E-state index contributed by atoms with van der Waals surface area (Å²) >= 11 is 0. The highest BCUT2D eigenvalue weighted by Gasteiger charge is 2.35. The molecule has 3 heteroatoms. The largest absolute Gasteiger partial charge is 0.383 e. The number of nitrogens with two attached hydrogens (primary N) is 1. The van der Waals surface area contributed by atoms with Gasteiger partial charge in [0.2, 0.25) is 0 Å². The van der Waals surface area contributed by atoms with E-state index in [0.29, 0.717) is 12.1 Å². The van der Waals surface area contributed by atoms with Crippen molar-refractivity contribution in [3.8, 4) is 0 Å². The highest BCUT2D eigenvalue weighted by Crippen LogP contribution is 2.28. The fourth-order valence-corrected chi connectivity index (χ4v) is 2.73. The van der Waals surface area contributed by atoms with Crippen molar-refractivity contribution in [3.05, 3.63) is 0 Å². The molecule has 0 amide bonds. The third-order valence-corrected chi connectivity index (χ3v) is 3.46. The van der Waals surface area contributed by atoms with Crippen LogP contribution in [0.2, 0.25) is 0 Å². The van der Waals surface area contributed by atoms with Crippen LogP contribution in [0.5, 0.6) is 0 Å². The number of likely N-dealkylation sites (N-methyl/N-ethyl adjacent to an activating group) is 1. The Bertz CT molecular complexity index is 201. The Morgan fingerprint density at radius 3 is 2.06 bits per heavy atom. The molecule has 3 atom stereocenters. The van der Waals surface area contributed by atoms with Crippen molar-refractivity contribution in [3.63, 3.8) is 0 Å². The molecule has 104 valence electrons. The quantitative estimate of drug-likeness (QED) is 0.748. The van der Waals surface area contributed by atoms with E-state index in [2.05, 4.69) is 46.4 Å². The van der Waals surface area contributed by atoms with Crippen molar-refractivity contribution in [2.75, 3.05) is 20.3 Å². The van der Waals surface area contributed by atoms with E-state index in [1.807, 2.05) is 0 Å². The van der Waals surface area contributed by atoms with Crippen molar-refractivity contribution in [1.82, 2.24) is 4.90 Å². The van der Waals surface area contributed by atoms with Gasteiger partial charge < -0.3 is 10.5 Å². The van der Waals surface area contributed by atoms with Gasteiger partial charge in [-0.15, -0.1) is 0 Å². The molecule has 0 saturated carbocycles. The summed E-state index contributed by atoms with van der Waals surface area (Å²) in [7, 11) is 1.76. The molecular formula is C14H32N2O. The number of hydrogen-bond acceptors (Lipinski definition) is 3. The fraction of sp³-hybridized carbons (Fsp3) is 1.00. The Morgan fingerprint density at radius 1 is 1.24 bits per heavy atom. The minimum Gasteiger partial charge on any atom is -0.383 e. The smallest absolute Gasteiger partial charge is 0.0615 e. The molecule has 0 radical (unpaired) electrons. The molecule has 0 spiro atoms. The predicted molar refractivity (Wildman–Crippen MR) is 75.2 cm³/mol. The van der Waals surface area contributed by atoms with Gasteiger partial charge in [0, 0.05) is 25.2 Å². The first-order chi connectivity index (χ1) is 7.79. The Kier molecular flexibility index (Phi) is 7.29. The van der Waals surface area contributed by atoms with E-state index in [9.17, 15) is 0 Å². The SMILES string of the molecule is CCC(N)C(N(CC)C(C)COC)C(C)(C)C. The van der Waals surface area contributed by atoms with Crippen LogP contribution in [0.3, 0.4) is 0 Å². The van der Waals surface area contributed by atoms with Gasteiger partial charge in [-0.3, -0.25) is 4.90 Å². The zero-order chi connectivity index (χ0) is 13.6. The second-order valence-electron chi connectivity index (χ2n) is 6.02. The van der Waals surface area contributed by atoms with Gasteiger partial charge in [0.15, 0.2) is 0 Å². The van der Waals surface area contributed by atoms with Crippen LogP contribution in [-0.2, 0) is 4.74 Å². The van der Waals surface area contributed by atoms with E-state index < -0.39 is 0 Å². The minimum atomic E-state index is 0.188. The summed E-state index contributed by atoms with van der Waals surface area (Å²) < 4.78 is 5.28. The second-order valence-corrected chi connectivity index (χ2v) is 6.02. The lowest BCUT2D eigenvalue weighted by Crippen LogP contribution is -2.57. The molecule has 0 aliphatic heterocycles. The van der Waals surface area contributed by atoms with Crippen LogP contribution in [-0.4, -0.2) is 43.3 Å². The maximum absolute atomic E-state index is 6.33. The molecule has 0 fully saturated rings. The molecule has 0 aliphatic carbocycles. The molecule has 0 aliphatic rings. The number of hydrogen-bond donors (Lipinski definition) is 1. The third-order valence-electron chi connectivity index (χ3n) is 3.46. The fourth-order valence-electron chi connectivity index (χ4n) is 2.73. The molecule has 0 saturated heterocycles. The molecule has 0 heterocycles. The van der Waals surface area contributed by atoms with Crippen molar-refractivity contribution >= 4 is 0 Å². The summed E-state index contributed by atoms with van der Waals surface area (Å²) in [6.45, 7) is 15.2. The van der Waals surface area contributed by atoms with Crippen LogP contribution in [0.25, 0.3) is 0 Å². The second kappa shape index (κ2) is 7.34. The van der Waals surface area contributed by atoms with Gasteiger partial charge in [-0.05, 0) is 25.3 Å². The monoisotopic (exact) mass is 244 g/mol. The van der Waals surface area contributed by atoms with Gasteiger partial charge in [-0.25, -0.2) is 0 Å². The van der Waals surface area contributed by atoms with Crippen LogP contribution >= 0.6 is 0 Å². The lowest BCUT2D eigenvalue weighted by atomic mass is 9.80. The van der Waals surface area contributed by atoms with Crippen LogP contribution in [0.4, 0.5) is 0 Å². The molecule has 2 N–H and O–H groups in total. The highest BCUT2D eigenvalue weighted by atomic mass is 16.5. The maximum atomic E-state index is 6.33. The Hall–Kier alpha value is -0.120. The molecule has 0 aromatic rings. The molecule has 3 nitrogen and oxygen atoms in total. The lowest BCUT2D eigenvalue weighted by molar-refractivity contribution is 0.0170. The third kappa shape index (κ3) is 4.94. The first-order valence-electron chi connectivity index (χ1n) is 6.79. The maximum Gasteiger partial charge on any atom is 0.0615 e. The van der Waals surface area contributed by atoms with E-state index in [4.69, 9.17) is 10.5 Å². The molecule has 3 unspecified atom stereocenters. The van der Waals surface area contributed by atoms with Gasteiger partial charge >= 0.3 is 0 Å². The van der Waals surface area contributed by atoms with Crippen LogP contribution in [0.15, 0.2) is 0 Å². The van der Waals surface area contributed by atoms with Gasteiger partial charge in [-0.1, -0.05) is 34.6 Å². The molecule has 0 rings (SSSR count). The standard InChI is InChI=1S/C14H32N2O/c1-8-12(15)13(14(4,5)6)16(9-2)11(3)10-17-7/h11-13H,8-10,15H2,1-7H3. The van der Waals surface area contributed by atoms with Crippen LogP contribution in [0, 0.1) is 5.41 Å². The van der Waals surface area contributed by atoms with Gasteiger partial charge in [0.05, 0.1) is 6.61 Å². The first-order valence-corrected chi connectivity index (χ1v) is 6.79. The minimum absolute atomic E-state index is 0.188. The summed E-state index contributed by atoms with van der Waals surface area (Å²) in [4.78, 5) is 2.48. The lowest BCUT2D eigenvalue weighted by Gasteiger charge is -2.45. The average molecular weight is 244 g/mol. The molecule has 0 aromatic carbocycles. The van der Waals surface area contributed by atoms with Crippen LogP contribution in [0.1, 0.15) is 48.0 Å². The van der Waals surface area contributed by atoms with E-state index in [0.717, 1.165) is 19.6 Å². The van der Waals surface area contributed by atoms with E-state index >= 15 is 0 Å². The van der Waals surface area contributed by atoms with Crippen molar-refractivity contribution in [1.29, 1.82) is 0 Å². The Balaban J connectivity index is 4.98. The summed E-state index contributed by atoms with van der Waals surface area (Å²) in [5, 5.41) is 0. The number of methoxy groups -OCH3 is 1. The Labute approximate surface area is 108 Å². The number of nitrogens with zero attached hydrogens (tertiary/aromatic N) is 1. The molecule has 0 aromatic heterocycles. The van der Waals surface area contributed by atoms with E-state index in [-0.39, 0.29) is 11.5 Å². The average Bonchev–Trinajstić information content (AvgIpc) is 2.23. The molecule has 0 bridgehead atoms. The van der Waals surface area contributed by atoms with E-state index in [1.54, 1.807) is 7.11 Å². The van der Waals surface area contributed by atoms with Crippen LogP contribution < -0.4 is 5.73 Å². The predicted octanol–water partition coefficient (Wildman–Crippen LogP) is 2.50. The number of ether oxygens (including phenoxy) is 1. The topological polar surface area (TPSA) is 38.5 Å². The van der Waals surface area contributed by atoms with Crippen molar-refractivity contribution in [2.45, 2.75) is 66.1 Å². The summed E-state index contributed by atoms with van der Waals surface area (Å²) in [5.74, 6) is 0. The molecular weight excluding hydrogens is 212 g/mol. The molecule has 17 heavy (non-hydrogen) atoms. The van der Waals surface area contributed by atoms with E-state index in [1.165, 1.54) is 0 Å². The van der Waals surface area contributed by atoms with Gasteiger partial charge in [0.25, 0.3) is 0 Å². The zero-order valence-electron chi connectivity index (χ0n) is 12.8. The summed E-state index contributed by atoms with van der Waals surface area (Å²) in [5.41, 5.74) is 6.52. The Morgan fingerprint density at radius 2 is 1.76 bits per heavy atom. The van der Waals surface area contributed by atoms with Gasteiger partial charge in [0.1, 0.15) is 0 Å². The first kappa shape index (κ1) is 16.9. The number of rotatable bonds is 7. The zero-order valence-corrected chi connectivity index (χ0v) is 12.8. The summed E-state index contributed by atoms with van der Waals surface area (Å²) in [6.07, 6.45) is 1.01.